The molecule has 1 saturated heterocycles. The van der Waals surface area contributed by atoms with Gasteiger partial charge in [-0.05, 0) is 12.5 Å². The Bertz CT molecular complexity index is 1020. The van der Waals surface area contributed by atoms with Crippen LogP contribution in [0, 0.1) is 0 Å². The summed E-state index contributed by atoms with van der Waals surface area (Å²) in [5, 5.41) is 3.95. The highest BCUT2D eigenvalue weighted by atomic mass is 16.2. The molecule has 31 heavy (non-hydrogen) atoms. The van der Waals surface area contributed by atoms with Crippen molar-refractivity contribution < 1.29 is 19.4 Å². The first-order valence-electron chi connectivity index (χ1n) is 11.3. The second-order valence-electron chi connectivity index (χ2n) is 8.39. The zero-order valence-electron chi connectivity index (χ0n) is 18.1. The number of rotatable bonds is 8. The smallest absolute Gasteiger partial charge is 0.275 e. The SMILES string of the molecule is CCCNC(=O)C[NH+]1CC[NH+]([C@@H](C(=O)c2c[nH]c3ccccc23)c2ccccc2)CC1. The molecular weight excluding hydrogens is 388 g/mol. The van der Waals surface area contributed by atoms with E-state index >= 15 is 0 Å². The van der Waals surface area contributed by atoms with Gasteiger partial charge in [-0.25, -0.2) is 0 Å². The predicted octanol–water partition coefficient (Wildman–Crippen LogP) is 0.402. The Balaban J connectivity index is 1.52. The van der Waals surface area contributed by atoms with Crippen LogP contribution in [0.2, 0.25) is 0 Å². The molecule has 162 valence electrons. The fourth-order valence-electron chi connectivity index (χ4n) is 4.59. The van der Waals surface area contributed by atoms with Crippen LogP contribution in [0.15, 0.2) is 60.8 Å². The van der Waals surface area contributed by atoms with Crippen molar-refractivity contribution in [2.75, 3.05) is 39.3 Å². The van der Waals surface area contributed by atoms with Gasteiger partial charge < -0.3 is 20.1 Å². The minimum absolute atomic E-state index is 0.120. The van der Waals surface area contributed by atoms with Crippen LogP contribution in [0.1, 0.15) is 35.3 Å². The molecule has 0 unspecified atom stereocenters. The molecular formula is C25H32N4O2+2. The van der Waals surface area contributed by atoms with E-state index in [1.165, 1.54) is 9.80 Å². The summed E-state index contributed by atoms with van der Waals surface area (Å²) in [6.45, 7) is 6.81. The van der Waals surface area contributed by atoms with E-state index in [0.717, 1.165) is 61.2 Å². The number of aromatic amines is 1. The molecule has 3 aromatic rings. The van der Waals surface area contributed by atoms with E-state index in [2.05, 4.69) is 29.4 Å². The number of benzene rings is 2. The van der Waals surface area contributed by atoms with E-state index in [9.17, 15) is 9.59 Å². The number of para-hydroxylation sites is 1. The van der Waals surface area contributed by atoms with Crippen molar-refractivity contribution in [2.24, 2.45) is 0 Å². The summed E-state index contributed by atoms with van der Waals surface area (Å²) in [6, 6.07) is 17.8. The topological polar surface area (TPSA) is 70.8 Å². The Labute approximate surface area is 183 Å². The van der Waals surface area contributed by atoms with Crippen molar-refractivity contribution >= 4 is 22.6 Å². The molecule has 0 radical (unpaired) electrons. The van der Waals surface area contributed by atoms with E-state index in [0.29, 0.717) is 6.54 Å². The molecule has 0 saturated carbocycles. The summed E-state index contributed by atoms with van der Waals surface area (Å²) in [6.07, 6.45) is 2.80. The Morgan fingerprint density at radius 1 is 1.00 bits per heavy atom. The van der Waals surface area contributed by atoms with Gasteiger partial charge in [0.2, 0.25) is 5.78 Å². The molecule has 6 nitrogen and oxygen atoms in total. The van der Waals surface area contributed by atoms with Crippen molar-refractivity contribution in [1.29, 1.82) is 0 Å². The highest BCUT2D eigenvalue weighted by molar-refractivity contribution is 6.10. The number of H-pyrrole nitrogens is 1. The maximum absolute atomic E-state index is 13.8. The largest absolute Gasteiger partial charge is 0.360 e. The van der Waals surface area contributed by atoms with Gasteiger partial charge in [0.25, 0.3) is 5.91 Å². The molecule has 0 aliphatic carbocycles. The molecule has 1 aromatic heterocycles. The zero-order chi connectivity index (χ0) is 21.6. The number of piperazine rings is 1. The van der Waals surface area contributed by atoms with E-state index in [-0.39, 0.29) is 17.7 Å². The lowest BCUT2D eigenvalue weighted by Gasteiger charge is -2.34. The molecule has 1 atom stereocenters. The third-order valence-corrected chi connectivity index (χ3v) is 6.24. The monoisotopic (exact) mass is 420 g/mol. The van der Waals surface area contributed by atoms with E-state index in [1.807, 2.05) is 48.7 Å². The van der Waals surface area contributed by atoms with Crippen LogP contribution in [-0.2, 0) is 4.79 Å². The molecule has 2 heterocycles. The van der Waals surface area contributed by atoms with Crippen LogP contribution < -0.4 is 15.1 Å². The number of Topliss-reactive ketones (excluding diaryl/α,β-unsaturated/α-hetero) is 1. The van der Waals surface area contributed by atoms with Crippen molar-refractivity contribution in [3.05, 3.63) is 71.9 Å². The first kappa shape index (κ1) is 21.3. The van der Waals surface area contributed by atoms with Crippen LogP contribution >= 0.6 is 0 Å². The molecule has 0 bridgehead atoms. The number of ketones is 1. The van der Waals surface area contributed by atoms with E-state index in [4.69, 9.17) is 0 Å². The summed E-state index contributed by atoms with van der Waals surface area (Å²) in [7, 11) is 0. The van der Waals surface area contributed by atoms with Crippen LogP contribution in [-0.4, -0.2) is 55.9 Å². The Kier molecular flexibility index (Phi) is 6.79. The molecule has 2 aromatic carbocycles. The number of quaternary nitrogens is 2. The van der Waals surface area contributed by atoms with Crippen molar-refractivity contribution in [3.8, 4) is 0 Å². The number of amides is 1. The minimum Gasteiger partial charge on any atom is -0.360 e. The molecule has 4 N–H and O–H groups in total. The normalized spacial score (nSPS) is 19.8. The Morgan fingerprint density at radius 3 is 2.45 bits per heavy atom. The summed E-state index contributed by atoms with van der Waals surface area (Å²) in [4.78, 5) is 31.7. The number of carbonyl (C=O) groups excluding carboxylic acids is 2. The maximum Gasteiger partial charge on any atom is 0.275 e. The van der Waals surface area contributed by atoms with Gasteiger partial charge in [0.05, 0.1) is 0 Å². The molecule has 1 amide bonds. The van der Waals surface area contributed by atoms with Gasteiger partial charge in [-0.1, -0.05) is 55.5 Å². The molecule has 1 aliphatic rings. The number of aromatic nitrogens is 1. The molecule has 0 spiro atoms. The first-order valence-corrected chi connectivity index (χ1v) is 11.3. The third-order valence-electron chi connectivity index (χ3n) is 6.24. The van der Waals surface area contributed by atoms with Crippen LogP contribution in [0.3, 0.4) is 0 Å². The van der Waals surface area contributed by atoms with Crippen LogP contribution in [0.25, 0.3) is 10.9 Å². The maximum atomic E-state index is 13.8. The van der Waals surface area contributed by atoms with E-state index in [1.54, 1.807) is 0 Å². The quantitative estimate of drug-likeness (QED) is 0.399. The van der Waals surface area contributed by atoms with Crippen molar-refractivity contribution in [2.45, 2.75) is 19.4 Å². The number of hydrogen-bond donors (Lipinski definition) is 4. The fourth-order valence-corrected chi connectivity index (χ4v) is 4.59. The average Bonchev–Trinajstić information content (AvgIpc) is 3.24. The van der Waals surface area contributed by atoms with Gasteiger partial charge in [0.1, 0.15) is 26.2 Å². The number of fused-ring (bicyclic) bond motifs is 1. The minimum atomic E-state index is -0.240. The average molecular weight is 421 g/mol. The number of carbonyl (C=O) groups is 2. The van der Waals surface area contributed by atoms with Gasteiger partial charge in [-0.3, -0.25) is 9.59 Å². The third kappa shape index (κ3) is 4.86. The Hall–Kier alpha value is -2.96. The number of hydrogen-bond acceptors (Lipinski definition) is 2. The summed E-state index contributed by atoms with van der Waals surface area (Å²) in [5.41, 5.74) is 2.79. The lowest BCUT2D eigenvalue weighted by molar-refractivity contribution is -1.02. The van der Waals surface area contributed by atoms with Crippen molar-refractivity contribution in [1.82, 2.24) is 10.3 Å². The Morgan fingerprint density at radius 2 is 1.71 bits per heavy atom. The highest BCUT2D eigenvalue weighted by Crippen LogP contribution is 2.23. The summed E-state index contributed by atoms with van der Waals surface area (Å²) in [5.74, 6) is 0.276. The van der Waals surface area contributed by atoms with Gasteiger partial charge in [-0.2, -0.15) is 0 Å². The van der Waals surface area contributed by atoms with Gasteiger partial charge in [0, 0.05) is 34.8 Å². The van der Waals surface area contributed by atoms with Crippen molar-refractivity contribution in [3.63, 3.8) is 0 Å². The van der Waals surface area contributed by atoms with Gasteiger partial charge in [-0.15, -0.1) is 0 Å². The molecule has 4 rings (SSSR count). The standard InChI is InChI=1S/C25H30N4O2/c1-2-12-26-23(30)18-28-13-15-29(16-14-28)24(19-8-4-3-5-9-19)25(31)21-17-27-22-11-7-6-10-20(21)22/h3-11,17,24,27H,2,12-16,18H2,1H3,(H,26,30)/p+2/t24-/m1/s1. The lowest BCUT2D eigenvalue weighted by Crippen LogP contribution is -3.28. The zero-order valence-corrected chi connectivity index (χ0v) is 18.1. The molecule has 1 aliphatic heterocycles. The second kappa shape index (κ2) is 9.90. The van der Waals surface area contributed by atoms with Gasteiger partial charge >= 0.3 is 0 Å². The lowest BCUT2D eigenvalue weighted by atomic mass is 9.95. The number of nitrogens with one attached hydrogen (secondary N) is 4. The predicted molar refractivity (Wildman–Crippen MR) is 121 cm³/mol. The summed E-state index contributed by atoms with van der Waals surface area (Å²) >= 11 is 0. The fraction of sp³-hybridized carbons (Fsp3) is 0.360. The first-order chi connectivity index (χ1) is 15.2. The molecule has 6 heteroatoms. The van der Waals surface area contributed by atoms with Crippen LogP contribution in [0.5, 0.6) is 0 Å². The van der Waals surface area contributed by atoms with Crippen LogP contribution in [0.4, 0.5) is 0 Å². The highest BCUT2D eigenvalue weighted by Gasteiger charge is 2.37. The van der Waals surface area contributed by atoms with Gasteiger partial charge in [0.15, 0.2) is 12.6 Å². The van der Waals surface area contributed by atoms with E-state index < -0.39 is 0 Å². The summed E-state index contributed by atoms with van der Waals surface area (Å²) < 4.78 is 0. The molecule has 1 fully saturated rings. The second-order valence-corrected chi connectivity index (χ2v) is 8.39.